The summed E-state index contributed by atoms with van der Waals surface area (Å²) in [6.45, 7) is 0. The van der Waals surface area contributed by atoms with E-state index >= 15 is 0 Å². The molecule has 0 unspecified atom stereocenters. The van der Waals surface area contributed by atoms with E-state index in [0.717, 1.165) is 18.7 Å². The topological polar surface area (TPSA) is 43.3 Å². The summed E-state index contributed by atoms with van der Waals surface area (Å²) in [5, 5.41) is 0. The Labute approximate surface area is 80.4 Å². The number of hydrogen-bond donors (Lipinski definition) is 1. The van der Waals surface area contributed by atoms with Gasteiger partial charge in [0.1, 0.15) is 17.2 Å². The van der Waals surface area contributed by atoms with Crippen molar-refractivity contribution < 1.29 is 4.39 Å². The fourth-order valence-electron chi connectivity index (χ4n) is 1.71. The van der Waals surface area contributed by atoms with Crippen LogP contribution in [0.5, 0.6) is 0 Å². The average Bonchev–Trinajstić information content (AvgIpc) is 2.77. The monoisotopic (exact) mass is 191 g/mol. The number of aromatic nitrogens is 2. The van der Waals surface area contributed by atoms with Crippen molar-refractivity contribution >= 4 is 5.52 Å². The number of rotatable bonds is 1. The first-order valence-electron chi connectivity index (χ1n) is 4.62. The van der Waals surface area contributed by atoms with E-state index in [2.05, 4.69) is 4.98 Å². The Morgan fingerprint density at radius 1 is 1.50 bits per heavy atom. The molecule has 0 radical (unpaired) electrons. The van der Waals surface area contributed by atoms with Crippen molar-refractivity contribution in [3.63, 3.8) is 0 Å². The van der Waals surface area contributed by atoms with Crippen LogP contribution in [-0.2, 0) is 5.54 Å². The van der Waals surface area contributed by atoms with Crippen LogP contribution in [0.1, 0.15) is 18.7 Å². The predicted octanol–water partition coefficient (Wildman–Crippen LogP) is 1.42. The van der Waals surface area contributed by atoms with Gasteiger partial charge in [0.15, 0.2) is 0 Å². The maximum Gasteiger partial charge on any atom is 0.148 e. The van der Waals surface area contributed by atoms with Gasteiger partial charge in [0.05, 0.1) is 11.7 Å². The Kier molecular flexibility index (Phi) is 1.32. The second-order valence-corrected chi connectivity index (χ2v) is 3.85. The number of pyridine rings is 1. The van der Waals surface area contributed by atoms with Crippen molar-refractivity contribution in [1.29, 1.82) is 0 Å². The summed E-state index contributed by atoms with van der Waals surface area (Å²) < 4.78 is 15.0. The van der Waals surface area contributed by atoms with E-state index in [4.69, 9.17) is 5.73 Å². The molecular weight excluding hydrogens is 181 g/mol. The van der Waals surface area contributed by atoms with Crippen molar-refractivity contribution in [1.82, 2.24) is 9.38 Å². The Bertz CT molecular complexity index is 499. The number of imidazole rings is 1. The van der Waals surface area contributed by atoms with Gasteiger partial charge in [0, 0.05) is 6.20 Å². The third-order valence-corrected chi connectivity index (χ3v) is 2.75. The van der Waals surface area contributed by atoms with E-state index in [1.54, 1.807) is 16.7 Å². The van der Waals surface area contributed by atoms with Crippen LogP contribution in [0.25, 0.3) is 5.52 Å². The maximum absolute atomic E-state index is 13.3. The third-order valence-electron chi connectivity index (χ3n) is 2.75. The van der Waals surface area contributed by atoms with Crippen molar-refractivity contribution in [2.24, 2.45) is 5.73 Å². The van der Waals surface area contributed by atoms with Crippen LogP contribution in [0.4, 0.5) is 4.39 Å². The highest BCUT2D eigenvalue weighted by molar-refractivity contribution is 5.48. The zero-order valence-corrected chi connectivity index (χ0v) is 7.57. The highest BCUT2D eigenvalue weighted by Crippen LogP contribution is 2.41. The minimum Gasteiger partial charge on any atom is -0.319 e. The second kappa shape index (κ2) is 2.33. The van der Waals surface area contributed by atoms with Crippen LogP contribution in [0.15, 0.2) is 24.5 Å². The Morgan fingerprint density at radius 2 is 2.29 bits per heavy atom. The molecule has 0 aromatic carbocycles. The third kappa shape index (κ3) is 0.915. The highest BCUT2D eigenvalue weighted by atomic mass is 19.1. The van der Waals surface area contributed by atoms with E-state index in [9.17, 15) is 4.39 Å². The fraction of sp³-hybridized carbons (Fsp3) is 0.300. The summed E-state index contributed by atoms with van der Waals surface area (Å²) in [4.78, 5) is 4.19. The molecule has 4 heteroatoms. The molecule has 72 valence electrons. The van der Waals surface area contributed by atoms with Gasteiger partial charge < -0.3 is 5.73 Å². The van der Waals surface area contributed by atoms with Crippen molar-refractivity contribution in [3.8, 4) is 0 Å². The van der Waals surface area contributed by atoms with Gasteiger partial charge in [-0.2, -0.15) is 0 Å². The number of nitrogens with zero attached hydrogens (tertiary/aromatic N) is 2. The molecule has 2 aromatic heterocycles. The SMILES string of the molecule is NC1(c2ncc3c(F)cccn23)CC1. The van der Waals surface area contributed by atoms with Gasteiger partial charge in [0.25, 0.3) is 0 Å². The number of nitrogens with two attached hydrogens (primary N) is 1. The van der Waals surface area contributed by atoms with E-state index in [1.807, 2.05) is 0 Å². The molecule has 1 aliphatic rings. The Balaban J connectivity index is 2.32. The molecular formula is C10H10FN3. The smallest absolute Gasteiger partial charge is 0.148 e. The van der Waals surface area contributed by atoms with Gasteiger partial charge in [-0.25, -0.2) is 9.37 Å². The molecule has 0 aliphatic heterocycles. The summed E-state index contributed by atoms with van der Waals surface area (Å²) >= 11 is 0. The van der Waals surface area contributed by atoms with Crippen LogP contribution in [0, 0.1) is 5.82 Å². The lowest BCUT2D eigenvalue weighted by molar-refractivity contribution is 0.626. The summed E-state index contributed by atoms with van der Waals surface area (Å²) in [7, 11) is 0. The maximum atomic E-state index is 13.3. The fourth-order valence-corrected chi connectivity index (χ4v) is 1.71. The molecule has 0 bridgehead atoms. The van der Waals surface area contributed by atoms with Gasteiger partial charge in [0.2, 0.25) is 0 Å². The largest absolute Gasteiger partial charge is 0.319 e. The number of hydrogen-bond acceptors (Lipinski definition) is 2. The normalized spacial score (nSPS) is 18.7. The minimum atomic E-state index is -0.319. The van der Waals surface area contributed by atoms with Gasteiger partial charge in [-0.15, -0.1) is 0 Å². The summed E-state index contributed by atoms with van der Waals surface area (Å²) in [5.74, 6) is 0.516. The zero-order valence-electron chi connectivity index (χ0n) is 7.57. The van der Waals surface area contributed by atoms with E-state index < -0.39 is 0 Å². The van der Waals surface area contributed by atoms with Crippen molar-refractivity contribution in [2.45, 2.75) is 18.4 Å². The highest BCUT2D eigenvalue weighted by Gasteiger charge is 2.43. The molecule has 0 spiro atoms. The lowest BCUT2D eigenvalue weighted by Gasteiger charge is -2.06. The van der Waals surface area contributed by atoms with Crippen LogP contribution in [-0.4, -0.2) is 9.38 Å². The van der Waals surface area contributed by atoms with E-state index in [0.29, 0.717) is 5.52 Å². The van der Waals surface area contributed by atoms with Gasteiger partial charge in [-0.05, 0) is 25.0 Å². The number of halogens is 1. The second-order valence-electron chi connectivity index (χ2n) is 3.85. The van der Waals surface area contributed by atoms with Gasteiger partial charge >= 0.3 is 0 Å². The molecule has 2 N–H and O–H groups in total. The first-order valence-corrected chi connectivity index (χ1v) is 4.62. The molecule has 2 aromatic rings. The molecule has 3 rings (SSSR count). The quantitative estimate of drug-likeness (QED) is 0.740. The van der Waals surface area contributed by atoms with E-state index in [1.165, 1.54) is 12.3 Å². The molecule has 3 nitrogen and oxygen atoms in total. The first-order chi connectivity index (χ1) is 6.71. The van der Waals surface area contributed by atoms with Crippen LogP contribution in [0.2, 0.25) is 0 Å². The lowest BCUT2D eigenvalue weighted by atomic mass is 10.3. The summed E-state index contributed by atoms with van der Waals surface area (Å²) in [6.07, 6.45) is 5.20. The van der Waals surface area contributed by atoms with E-state index in [-0.39, 0.29) is 11.4 Å². The molecule has 1 aliphatic carbocycles. The molecule has 2 heterocycles. The summed E-state index contributed by atoms with van der Waals surface area (Å²) in [6, 6.07) is 3.09. The van der Waals surface area contributed by atoms with Crippen LogP contribution >= 0.6 is 0 Å². The molecule has 1 fully saturated rings. The zero-order chi connectivity index (χ0) is 9.76. The predicted molar refractivity (Wildman–Crippen MR) is 50.2 cm³/mol. The van der Waals surface area contributed by atoms with Gasteiger partial charge in [-0.1, -0.05) is 0 Å². The molecule has 14 heavy (non-hydrogen) atoms. The average molecular weight is 191 g/mol. The lowest BCUT2D eigenvalue weighted by Crippen LogP contribution is -2.22. The molecule has 1 saturated carbocycles. The van der Waals surface area contributed by atoms with Crippen molar-refractivity contribution in [3.05, 3.63) is 36.2 Å². The summed E-state index contributed by atoms with van der Waals surface area (Å²) in [5.41, 5.74) is 6.20. The van der Waals surface area contributed by atoms with Gasteiger partial charge in [-0.3, -0.25) is 4.40 Å². The number of fused-ring (bicyclic) bond motifs is 1. The standard InChI is InChI=1S/C10H10FN3/c11-7-2-1-5-14-8(7)6-13-9(14)10(12)3-4-10/h1-2,5-6H,3-4,12H2. The van der Waals surface area contributed by atoms with Crippen LogP contribution in [0.3, 0.4) is 0 Å². The minimum absolute atomic E-state index is 0.254. The molecule has 0 amide bonds. The Hall–Kier alpha value is -1.42. The Morgan fingerprint density at radius 3 is 3.00 bits per heavy atom. The first kappa shape index (κ1) is 7.94. The van der Waals surface area contributed by atoms with Crippen LogP contribution < -0.4 is 5.73 Å². The molecule has 0 saturated heterocycles. The van der Waals surface area contributed by atoms with Crippen molar-refractivity contribution in [2.75, 3.05) is 0 Å². The molecule has 0 atom stereocenters.